The van der Waals surface area contributed by atoms with Gasteiger partial charge in [0.25, 0.3) is 5.91 Å². The molecular formula is C22H24FNO3S. The van der Waals surface area contributed by atoms with Crippen LogP contribution in [0.2, 0.25) is 0 Å². The first-order valence-electron chi connectivity index (χ1n) is 9.17. The van der Waals surface area contributed by atoms with E-state index in [1.807, 2.05) is 51.1 Å². The van der Waals surface area contributed by atoms with E-state index in [0.29, 0.717) is 15.8 Å². The monoisotopic (exact) mass is 401 g/mol. The number of hydrogen-bond acceptors (Lipinski definition) is 4. The maximum atomic E-state index is 14.3. The van der Waals surface area contributed by atoms with Gasteiger partial charge in [-0.3, -0.25) is 4.79 Å². The molecule has 1 unspecified atom stereocenters. The van der Waals surface area contributed by atoms with Crippen molar-refractivity contribution in [2.75, 3.05) is 7.11 Å². The first kappa shape index (κ1) is 20.3. The first-order valence-corrected chi connectivity index (χ1v) is 9.98. The Hall–Kier alpha value is -2.44. The lowest BCUT2D eigenvalue weighted by atomic mass is 10.1. The second-order valence-electron chi connectivity index (χ2n) is 6.89. The summed E-state index contributed by atoms with van der Waals surface area (Å²) in [6.07, 6.45) is 0.107. The highest BCUT2D eigenvalue weighted by atomic mass is 32.1. The molecule has 0 fully saturated rings. The van der Waals surface area contributed by atoms with Crippen LogP contribution in [0.5, 0.6) is 5.75 Å². The van der Waals surface area contributed by atoms with Crippen molar-refractivity contribution < 1.29 is 18.7 Å². The number of hydrogen-bond donors (Lipinski definition) is 1. The van der Waals surface area contributed by atoms with Crippen molar-refractivity contribution in [2.24, 2.45) is 0 Å². The molecule has 1 atom stereocenters. The Bertz CT molecular complexity index is 966. The fourth-order valence-electron chi connectivity index (χ4n) is 3.09. The maximum absolute atomic E-state index is 14.3. The number of nitrogens with one attached hydrogen (secondary N) is 1. The molecule has 3 rings (SSSR count). The van der Waals surface area contributed by atoms with Crippen molar-refractivity contribution in [2.45, 2.75) is 39.5 Å². The molecule has 1 N–H and O–H groups in total. The van der Waals surface area contributed by atoms with Crippen LogP contribution < -0.4 is 10.1 Å². The molecule has 0 aliphatic rings. The van der Waals surface area contributed by atoms with Gasteiger partial charge in [0.2, 0.25) is 0 Å². The van der Waals surface area contributed by atoms with Gasteiger partial charge in [0.1, 0.15) is 11.6 Å². The average Bonchev–Trinajstić information content (AvgIpc) is 3.02. The van der Waals surface area contributed by atoms with Crippen LogP contribution in [0.4, 0.5) is 4.39 Å². The molecule has 0 saturated heterocycles. The van der Waals surface area contributed by atoms with Gasteiger partial charge < -0.3 is 14.8 Å². The zero-order valence-corrected chi connectivity index (χ0v) is 17.2. The van der Waals surface area contributed by atoms with Gasteiger partial charge in [-0.05, 0) is 50.6 Å². The summed E-state index contributed by atoms with van der Waals surface area (Å²) >= 11 is 1.28. The minimum atomic E-state index is -0.339. The Balaban J connectivity index is 1.82. The van der Waals surface area contributed by atoms with E-state index >= 15 is 0 Å². The van der Waals surface area contributed by atoms with E-state index in [2.05, 4.69) is 5.32 Å². The number of methoxy groups -OCH3 is 1. The third kappa shape index (κ3) is 4.34. The average molecular weight is 402 g/mol. The summed E-state index contributed by atoms with van der Waals surface area (Å²) in [6, 6.07) is 12.3. The minimum Gasteiger partial charge on any atom is -0.491 e. The highest BCUT2D eigenvalue weighted by molar-refractivity contribution is 7.21. The molecule has 0 aliphatic heterocycles. The van der Waals surface area contributed by atoms with Gasteiger partial charge in [0, 0.05) is 22.8 Å². The molecule has 1 amide bonds. The van der Waals surface area contributed by atoms with Gasteiger partial charge in [-0.15, -0.1) is 11.3 Å². The van der Waals surface area contributed by atoms with Crippen LogP contribution in [0.3, 0.4) is 0 Å². The number of thiophene rings is 1. The minimum absolute atomic E-state index is 0.107. The van der Waals surface area contributed by atoms with Crippen LogP contribution in [0.1, 0.15) is 47.6 Å². The lowest BCUT2D eigenvalue weighted by Crippen LogP contribution is -2.26. The molecule has 3 aromatic rings. The van der Waals surface area contributed by atoms with E-state index < -0.39 is 0 Å². The molecule has 6 heteroatoms. The van der Waals surface area contributed by atoms with Crippen LogP contribution in [0, 0.1) is 5.82 Å². The highest BCUT2D eigenvalue weighted by Gasteiger charge is 2.22. The molecule has 2 aromatic carbocycles. The molecule has 0 radical (unpaired) electrons. The second kappa shape index (κ2) is 8.71. The SMILES string of the molecule is COCc1c(C(=O)NC(C)c2ccc(OC(C)C)cc2)sc2cccc(F)c12. The maximum Gasteiger partial charge on any atom is 0.262 e. The number of amides is 1. The quantitative estimate of drug-likeness (QED) is 0.571. The Labute approximate surface area is 168 Å². The van der Waals surface area contributed by atoms with Gasteiger partial charge in [0.05, 0.1) is 23.6 Å². The summed E-state index contributed by atoms with van der Waals surface area (Å²) in [5.41, 5.74) is 1.55. The van der Waals surface area contributed by atoms with Gasteiger partial charge in [-0.2, -0.15) is 0 Å². The van der Waals surface area contributed by atoms with Crippen molar-refractivity contribution in [3.8, 4) is 5.75 Å². The summed E-state index contributed by atoms with van der Waals surface area (Å²) in [5, 5.41) is 3.47. The molecule has 1 heterocycles. The van der Waals surface area contributed by atoms with Crippen molar-refractivity contribution in [3.05, 3.63) is 64.3 Å². The number of carbonyl (C=O) groups is 1. The Morgan fingerprint density at radius 1 is 1.14 bits per heavy atom. The van der Waals surface area contributed by atoms with Gasteiger partial charge in [-0.1, -0.05) is 18.2 Å². The third-order valence-corrected chi connectivity index (χ3v) is 5.55. The van der Waals surface area contributed by atoms with Crippen LogP contribution in [0.25, 0.3) is 10.1 Å². The number of carbonyl (C=O) groups excluding carboxylic acids is 1. The Morgan fingerprint density at radius 2 is 1.86 bits per heavy atom. The summed E-state index contributed by atoms with van der Waals surface area (Å²) in [5.74, 6) is 0.218. The number of ether oxygens (including phenoxy) is 2. The smallest absolute Gasteiger partial charge is 0.262 e. The molecule has 0 bridgehead atoms. The molecule has 28 heavy (non-hydrogen) atoms. The number of fused-ring (bicyclic) bond motifs is 1. The highest BCUT2D eigenvalue weighted by Crippen LogP contribution is 2.34. The Morgan fingerprint density at radius 3 is 2.50 bits per heavy atom. The van der Waals surface area contributed by atoms with Crippen molar-refractivity contribution in [3.63, 3.8) is 0 Å². The van der Waals surface area contributed by atoms with Crippen LogP contribution in [-0.2, 0) is 11.3 Å². The topological polar surface area (TPSA) is 47.6 Å². The number of halogens is 1. The van der Waals surface area contributed by atoms with Gasteiger partial charge in [0.15, 0.2) is 0 Å². The van der Waals surface area contributed by atoms with E-state index in [-0.39, 0.29) is 30.5 Å². The summed E-state index contributed by atoms with van der Waals surface area (Å²) in [7, 11) is 1.54. The van der Waals surface area contributed by atoms with E-state index in [4.69, 9.17) is 9.47 Å². The van der Waals surface area contributed by atoms with E-state index in [9.17, 15) is 9.18 Å². The molecule has 4 nitrogen and oxygen atoms in total. The normalized spacial score (nSPS) is 12.4. The number of rotatable bonds is 7. The molecule has 0 spiro atoms. The van der Waals surface area contributed by atoms with Crippen LogP contribution >= 0.6 is 11.3 Å². The van der Waals surface area contributed by atoms with Crippen molar-refractivity contribution in [1.82, 2.24) is 5.32 Å². The Kier molecular flexibility index (Phi) is 6.31. The molecular weight excluding hydrogens is 377 g/mol. The fraction of sp³-hybridized carbons (Fsp3) is 0.318. The summed E-state index contributed by atoms with van der Waals surface area (Å²) < 4.78 is 25.9. The molecule has 1 aromatic heterocycles. The van der Waals surface area contributed by atoms with Crippen LogP contribution in [0.15, 0.2) is 42.5 Å². The molecule has 148 valence electrons. The van der Waals surface area contributed by atoms with E-state index in [1.54, 1.807) is 6.07 Å². The van der Waals surface area contributed by atoms with Crippen LogP contribution in [-0.4, -0.2) is 19.1 Å². The zero-order valence-electron chi connectivity index (χ0n) is 16.4. The second-order valence-corrected chi connectivity index (χ2v) is 7.94. The fourth-order valence-corrected chi connectivity index (χ4v) is 4.21. The van der Waals surface area contributed by atoms with Crippen molar-refractivity contribution >= 4 is 27.3 Å². The van der Waals surface area contributed by atoms with E-state index in [1.165, 1.54) is 24.5 Å². The van der Waals surface area contributed by atoms with E-state index in [0.717, 1.165) is 16.0 Å². The first-order chi connectivity index (χ1) is 13.4. The largest absolute Gasteiger partial charge is 0.491 e. The van der Waals surface area contributed by atoms with Gasteiger partial charge in [-0.25, -0.2) is 4.39 Å². The predicted molar refractivity (Wildman–Crippen MR) is 111 cm³/mol. The lowest BCUT2D eigenvalue weighted by Gasteiger charge is -2.16. The predicted octanol–water partition coefficient (Wildman–Crippen LogP) is 5.47. The number of benzene rings is 2. The standard InChI is InChI=1S/C22H24FNO3S/c1-13(2)27-16-10-8-15(9-11-16)14(3)24-22(25)21-17(12-26-4)20-18(23)6-5-7-19(20)28-21/h5-11,13-14H,12H2,1-4H3,(H,24,25). The van der Waals surface area contributed by atoms with Gasteiger partial charge >= 0.3 is 0 Å². The zero-order chi connectivity index (χ0) is 20.3. The lowest BCUT2D eigenvalue weighted by molar-refractivity contribution is 0.0940. The van der Waals surface area contributed by atoms with Crippen molar-refractivity contribution in [1.29, 1.82) is 0 Å². The third-order valence-electron chi connectivity index (χ3n) is 4.36. The summed E-state index contributed by atoms with van der Waals surface area (Å²) in [4.78, 5) is 13.4. The molecule has 0 saturated carbocycles. The summed E-state index contributed by atoms with van der Waals surface area (Å²) in [6.45, 7) is 6.05. The molecule has 0 aliphatic carbocycles.